The molecular formula is C16H17ClF3N3O2. The molecule has 0 spiro atoms. The molecule has 0 atom stereocenters. The highest BCUT2D eigenvalue weighted by molar-refractivity contribution is 6.30. The zero-order valence-electron chi connectivity index (χ0n) is 13.2. The van der Waals surface area contributed by atoms with Crippen LogP contribution in [0, 0.1) is 11.7 Å². The molecule has 3 aliphatic carbocycles. The van der Waals surface area contributed by atoms with Gasteiger partial charge in [0.15, 0.2) is 0 Å². The van der Waals surface area contributed by atoms with E-state index in [0.29, 0.717) is 5.92 Å². The number of hydrogen-bond donors (Lipinski definition) is 2. The number of urea groups is 1. The molecule has 1 aromatic rings. The first-order valence-electron chi connectivity index (χ1n) is 7.81. The van der Waals surface area contributed by atoms with Crippen LogP contribution in [0.1, 0.15) is 36.8 Å². The third-order valence-electron chi connectivity index (χ3n) is 5.00. The van der Waals surface area contributed by atoms with E-state index in [9.17, 15) is 22.8 Å². The lowest BCUT2D eigenvalue weighted by atomic mass is 9.49. The molecule has 4 rings (SSSR count). The third kappa shape index (κ3) is 3.27. The van der Waals surface area contributed by atoms with Crippen molar-refractivity contribution in [3.8, 4) is 0 Å². The van der Waals surface area contributed by atoms with Gasteiger partial charge in [-0.1, -0.05) is 11.6 Å². The smallest absolute Gasteiger partial charge is 0.312 e. The third-order valence-corrected chi connectivity index (χ3v) is 5.27. The summed E-state index contributed by atoms with van der Waals surface area (Å²) in [5, 5.41) is 1.80. The number of nitrogens with two attached hydrogens (primary N) is 1. The maximum atomic E-state index is 14.3. The van der Waals surface area contributed by atoms with Crippen molar-refractivity contribution in [2.24, 2.45) is 11.7 Å². The number of rotatable bonds is 6. The van der Waals surface area contributed by atoms with Crippen molar-refractivity contribution >= 4 is 23.5 Å². The Morgan fingerprint density at radius 2 is 2.00 bits per heavy atom. The van der Waals surface area contributed by atoms with E-state index in [4.69, 9.17) is 17.3 Å². The fourth-order valence-electron chi connectivity index (χ4n) is 3.62. The Hall–Kier alpha value is -1.96. The van der Waals surface area contributed by atoms with E-state index < -0.39 is 34.8 Å². The summed E-state index contributed by atoms with van der Waals surface area (Å²) in [6.07, 6.45) is -0.426. The molecule has 136 valence electrons. The number of halogens is 4. The van der Waals surface area contributed by atoms with Gasteiger partial charge in [0.2, 0.25) is 5.91 Å². The highest BCUT2D eigenvalue weighted by Crippen LogP contribution is 2.61. The Bertz CT molecular complexity index is 712. The molecule has 25 heavy (non-hydrogen) atoms. The van der Waals surface area contributed by atoms with Gasteiger partial charge in [-0.3, -0.25) is 4.79 Å². The van der Waals surface area contributed by atoms with Gasteiger partial charge in [0.1, 0.15) is 5.82 Å². The summed E-state index contributed by atoms with van der Waals surface area (Å²) in [6.45, 7) is -0.510. The molecule has 0 aliphatic heterocycles. The molecule has 3 amide bonds. The molecule has 3 saturated carbocycles. The number of carbonyl (C=O) groups is 2. The fraction of sp³-hybridized carbons (Fsp3) is 0.500. The van der Waals surface area contributed by atoms with E-state index in [-0.39, 0.29) is 24.2 Å². The van der Waals surface area contributed by atoms with Crippen LogP contribution in [0.25, 0.3) is 0 Å². The molecule has 3 fully saturated rings. The van der Waals surface area contributed by atoms with Gasteiger partial charge < -0.3 is 16.0 Å². The van der Waals surface area contributed by atoms with Crippen molar-refractivity contribution in [2.45, 2.75) is 37.8 Å². The molecule has 0 radical (unpaired) electrons. The van der Waals surface area contributed by atoms with Gasteiger partial charge in [-0.2, -0.15) is 0 Å². The van der Waals surface area contributed by atoms with Crippen molar-refractivity contribution < 1.29 is 22.8 Å². The lowest BCUT2D eigenvalue weighted by molar-refractivity contribution is -0.173. The minimum absolute atomic E-state index is 0.0695. The van der Waals surface area contributed by atoms with Gasteiger partial charge in [-0.15, -0.1) is 0 Å². The summed E-state index contributed by atoms with van der Waals surface area (Å²) < 4.78 is 40.2. The number of amides is 3. The van der Waals surface area contributed by atoms with E-state index in [1.54, 1.807) is 0 Å². The summed E-state index contributed by atoms with van der Waals surface area (Å²) in [6, 6.07) is 1.06. The number of hydrogen-bond acceptors (Lipinski definition) is 2. The van der Waals surface area contributed by atoms with Crippen LogP contribution in [-0.4, -0.2) is 28.9 Å². The van der Waals surface area contributed by atoms with Crippen molar-refractivity contribution in [1.29, 1.82) is 0 Å². The summed E-state index contributed by atoms with van der Waals surface area (Å²) in [7, 11) is 0. The van der Waals surface area contributed by atoms with Crippen LogP contribution < -0.4 is 11.1 Å². The van der Waals surface area contributed by atoms with Gasteiger partial charge >= 0.3 is 6.03 Å². The van der Waals surface area contributed by atoms with Crippen LogP contribution in [0.2, 0.25) is 5.02 Å². The van der Waals surface area contributed by atoms with Crippen LogP contribution in [0.5, 0.6) is 0 Å². The van der Waals surface area contributed by atoms with Crippen LogP contribution >= 0.6 is 11.6 Å². The Morgan fingerprint density at radius 1 is 1.36 bits per heavy atom. The number of benzene rings is 1. The average molecular weight is 376 g/mol. The van der Waals surface area contributed by atoms with Crippen molar-refractivity contribution in [3.63, 3.8) is 0 Å². The zero-order chi connectivity index (χ0) is 18.4. The second-order valence-corrected chi connectivity index (χ2v) is 7.08. The highest BCUT2D eigenvalue weighted by Gasteiger charge is 2.61. The van der Waals surface area contributed by atoms with E-state index in [0.717, 1.165) is 31.4 Å². The maximum Gasteiger partial charge on any atom is 0.312 e. The van der Waals surface area contributed by atoms with Crippen LogP contribution in [0.3, 0.4) is 0 Å². The second-order valence-electron chi connectivity index (χ2n) is 6.68. The predicted molar refractivity (Wildman–Crippen MR) is 84.6 cm³/mol. The molecule has 5 nitrogen and oxygen atoms in total. The number of nitrogens with zero attached hydrogens (tertiary/aromatic N) is 1. The van der Waals surface area contributed by atoms with Crippen molar-refractivity contribution in [1.82, 2.24) is 10.2 Å². The fourth-order valence-corrected chi connectivity index (χ4v) is 3.87. The Balaban J connectivity index is 1.85. The zero-order valence-corrected chi connectivity index (χ0v) is 14.0. The minimum atomic E-state index is -2.80. The first-order valence-corrected chi connectivity index (χ1v) is 8.19. The summed E-state index contributed by atoms with van der Waals surface area (Å²) in [5.74, 6) is -0.714. The number of nitrogens with one attached hydrogen (secondary N) is 1. The van der Waals surface area contributed by atoms with Gasteiger partial charge in [-0.05, 0) is 37.3 Å². The molecule has 2 bridgehead atoms. The van der Waals surface area contributed by atoms with E-state index in [2.05, 4.69) is 5.32 Å². The standard InChI is InChI=1S/C16H17ClF3N3O2/c17-11-2-9(14(19)20)1-10(13(11)18)7-23(12(24)6-22-15(21)25)16-3-8(4-16)5-16/h1-2,8,14H,3-7H2,(H3,21,22,25). The van der Waals surface area contributed by atoms with Gasteiger partial charge in [0.25, 0.3) is 6.43 Å². The number of carbonyl (C=O) groups excluding carboxylic acids is 2. The molecule has 0 aromatic heterocycles. The quantitative estimate of drug-likeness (QED) is 0.802. The molecule has 3 aliphatic rings. The SMILES string of the molecule is NC(=O)NCC(=O)N(Cc1cc(C(F)F)cc(Cl)c1F)C12CC(C1)C2. The average Bonchev–Trinajstić information content (AvgIpc) is 2.44. The number of primary amides is 1. The minimum Gasteiger partial charge on any atom is -0.352 e. The van der Waals surface area contributed by atoms with Gasteiger partial charge in [-0.25, -0.2) is 18.0 Å². The van der Waals surface area contributed by atoms with Gasteiger partial charge in [0.05, 0.1) is 11.6 Å². The molecule has 0 saturated heterocycles. The maximum absolute atomic E-state index is 14.3. The van der Waals surface area contributed by atoms with Crippen molar-refractivity contribution in [3.05, 3.63) is 34.1 Å². The Kier molecular flexibility index (Phi) is 4.57. The highest BCUT2D eigenvalue weighted by atomic mass is 35.5. The molecule has 9 heteroatoms. The summed E-state index contributed by atoms with van der Waals surface area (Å²) in [4.78, 5) is 24.8. The summed E-state index contributed by atoms with van der Waals surface area (Å²) >= 11 is 5.72. The van der Waals surface area contributed by atoms with Crippen LogP contribution in [0.15, 0.2) is 12.1 Å². The topological polar surface area (TPSA) is 75.4 Å². The lowest BCUT2D eigenvalue weighted by Crippen LogP contribution is -2.70. The Morgan fingerprint density at radius 3 is 2.48 bits per heavy atom. The molecule has 3 N–H and O–H groups in total. The van der Waals surface area contributed by atoms with E-state index in [1.165, 1.54) is 4.90 Å². The first kappa shape index (κ1) is 17.8. The molecule has 1 aromatic carbocycles. The largest absolute Gasteiger partial charge is 0.352 e. The molecular weight excluding hydrogens is 359 g/mol. The Labute approximate surface area is 147 Å². The molecule has 0 heterocycles. The molecule has 0 unspecified atom stereocenters. The summed E-state index contributed by atoms with van der Waals surface area (Å²) in [5.41, 5.74) is 4.12. The second kappa shape index (κ2) is 6.40. The number of alkyl halides is 2. The van der Waals surface area contributed by atoms with E-state index in [1.807, 2.05) is 0 Å². The first-order chi connectivity index (χ1) is 11.7. The van der Waals surface area contributed by atoms with Gasteiger partial charge in [0, 0.05) is 23.2 Å². The van der Waals surface area contributed by atoms with Crippen molar-refractivity contribution in [2.75, 3.05) is 6.54 Å². The van der Waals surface area contributed by atoms with E-state index >= 15 is 0 Å². The van der Waals surface area contributed by atoms with Crippen LogP contribution in [0.4, 0.5) is 18.0 Å². The van der Waals surface area contributed by atoms with Crippen LogP contribution in [-0.2, 0) is 11.3 Å². The normalized spacial score (nSPS) is 23.6. The monoisotopic (exact) mass is 375 g/mol. The lowest BCUT2D eigenvalue weighted by Gasteiger charge is -2.66. The predicted octanol–water partition coefficient (Wildman–Crippen LogP) is 2.97.